The van der Waals surface area contributed by atoms with E-state index in [0.29, 0.717) is 5.25 Å². The van der Waals surface area contributed by atoms with Crippen LogP contribution in [-0.2, 0) is 7.05 Å². The Bertz CT molecular complexity index is 296. The molecule has 0 aromatic carbocycles. The van der Waals surface area contributed by atoms with Crippen molar-refractivity contribution in [3.8, 4) is 0 Å². The van der Waals surface area contributed by atoms with Crippen LogP contribution in [0.5, 0.6) is 0 Å². The molecular formula is C12H23N3S. The number of hydrogen-bond donors (Lipinski definition) is 1. The monoisotopic (exact) mass is 241 g/mol. The number of rotatable bonds is 7. The van der Waals surface area contributed by atoms with Gasteiger partial charge in [0, 0.05) is 30.1 Å². The average molecular weight is 241 g/mol. The van der Waals surface area contributed by atoms with E-state index in [1.807, 2.05) is 29.7 Å². The standard InChI is InChI=1S/C12H23N3S/c1-4-5-6-7-16-12(10(2)13)11-8-14-15(3)9-11/h8-10,12H,4-7,13H2,1-3H3. The second-order valence-corrected chi connectivity index (χ2v) is 5.55. The quantitative estimate of drug-likeness (QED) is 0.747. The molecule has 0 aliphatic carbocycles. The predicted octanol–water partition coefficient (Wildman–Crippen LogP) is 2.73. The van der Waals surface area contributed by atoms with Gasteiger partial charge in [0.2, 0.25) is 0 Å². The summed E-state index contributed by atoms with van der Waals surface area (Å²) >= 11 is 1.96. The van der Waals surface area contributed by atoms with Gasteiger partial charge in [-0.05, 0) is 19.1 Å². The molecule has 2 atom stereocenters. The fourth-order valence-corrected chi connectivity index (χ4v) is 2.94. The molecular weight excluding hydrogens is 218 g/mol. The zero-order valence-corrected chi connectivity index (χ0v) is 11.3. The van der Waals surface area contributed by atoms with Crippen molar-refractivity contribution in [3.63, 3.8) is 0 Å². The summed E-state index contributed by atoms with van der Waals surface area (Å²) in [6.07, 6.45) is 7.87. The summed E-state index contributed by atoms with van der Waals surface area (Å²) < 4.78 is 1.84. The van der Waals surface area contributed by atoms with Gasteiger partial charge < -0.3 is 5.73 Å². The molecule has 1 heterocycles. The van der Waals surface area contributed by atoms with Crippen LogP contribution >= 0.6 is 11.8 Å². The number of aromatic nitrogens is 2. The SMILES string of the molecule is CCCCCSC(c1cnn(C)c1)C(C)N. The lowest BCUT2D eigenvalue weighted by molar-refractivity contribution is 0.714. The van der Waals surface area contributed by atoms with Gasteiger partial charge >= 0.3 is 0 Å². The van der Waals surface area contributed by atoms with Gasteiger partial charge in [-0.15, -0.1) is 0 Å². The van der Waals surface area contributed by atoms with Crippen molar-refractivity contribution in [1.82, 2.24) is 9.78 Å². The second kappa shape index (κ2) is 6.97. The molecule has 0 bridgehead atoms. The summed E-state index contributed by atoms with van der Waals surface area (Å²) in [5.74, 6) is 1.19. The van der Waals surface area contributed by atoms with Crippen molar-refractivity contribution in [3.05, 3.63) is 18.0 Å². The first-order chi connectivity index (χ1) is 7.65. The fourth-order valence-electron chi connectivity index (χ4n) is 1.70. The average Bonchev–Trinajstić information content (AvgIpc) is 2.64. The van der Waals surface area contributed by atoms with Crippen molar-refractivity contribution in [1.29, 1.82) is 0 Å². The van der Waals surface area contributed by atoms with E-state index < -0.39 is 0 Å². The van der Waals surface area contributed by atoms with Crippen LogP contribution in [0.1, 0.15) is 43.9 Å². The smallest absolute Gasteiger partial charge is 0.0533 e. The molecule has 3 nitrogen and oxygen atoms in total. The van der Waals surface area contributed by atoms with Gasteiger partial charge in [-0.1, -0.05) is 19.8 Å². The minimum Gasteiger partial charge on any atom is -0.327 e. The molecule has 0 spiro atoms. The highest BCUT2D eigenvalue weighted by Gasteiger charge is 2.17. The van der Waals surface area contributed by atoms with Crippen LogP contribution in [0.3, 0.4) is 0 Å². The molecule has 0 aliphatic rings. The number of thioether (sulfide) groups is 1. The molecule has 4 heteroatoms. The maximum absolute atomic E-state index is 6.03. The number of nitrogens with two attached hydrogens (primary N) is 1. The highest BCUT2D eigenvalue weighted by atomic mass is 32.2. The first-order valence-corrected chi connectivity index (χ1v) is 7.05. The van der Waals surface area contributed by atoms with Crippen LogP contribution in [0.4, 0.5) is 0 Å². The fraction of sp³-hybridized carbons (Fsp3) is 0.750. The third kappa shape index (κ3) is 4.18. The summed E-state index contributed by atoms with van der Waals surface area (Å²) in [6, 6.07) is 0.177. The van der Waals surface area contributed by atoms with Crippen LogP contribution in [0, 0.1) is 0 Å². The van der Waals surface area contributed by atoms with Crippen LogP contribution in [0.25, 0.3) is 0 Å². The normalized spacial score (nSPS) is 15.0. The molecule has 92 valence electrons. The molecule has 2 unspecified atom stereocenters. The van der Waals surface area contributed by atoms with E-state index in [-0.39, 0.29) is 6.04 Å². The molecule has 16 heavy (non-hydrogen) atoms. The van der Waals surface area contributed by atoms with Crippen LogP contribution < -0.4 is 5.73 Å². The van der Waals surface area contributed by atoms with Gasteiger partial charge in [-0.2, -0.15) is 16.9 Å². The van der Waals surface area contributed by atoms with E-state index >= 15 is 0 Å². The summed E-state index contributed by atoms with van der Waals surface area (Å²) in [5.41, 5.74) is 7.28. The summed E-state index contributed by atoms with van der Waals surface area (Å²) in [5, 5.41) is 4.59. The van der Waals surface area contributed by atoms with E-state index in [1.165, 1.54) is 30.6 Å². The van der Waals surface area contributed by atoms with Crippen LogP contribution in [0.2, 0.25) is 0 Å². The van der Waals surface area contributed by atoms with Gasteiger partial charge in [0.1, 0.15) is 0 Å². The summed E-state index contributed by atoms with van der Waals surface area (Å²) in [6.45, 7) is 4.30. The Balaban J connectivity index is 2.48. The zero-order chi connectivity index (χ0) is 12.0. The van der Waals surface area contributed by atoms with E-state index in [1.54, 1.807) is 0 Å². The van der Waals surface area contributed by atoms with Gasteiger partial charge in [0.05, 0.1) is 6.20 Å². The van der Waals surface area contributed by atoms with Crippen molar-refractivity contribution in [2.24, 2.45) is 12.8 Å². The first-order valence-electron chi connectivity index (χ1n) is 6.01. The molecule has 1 rings (SSSR count). The third-order valence-electron chi connectivity index (χ3n) is 2.58. The van der Waals surface area contributed by atoms with Crippen molar-refractivity contribution in [2.45, 2.75) is 44.4 Å². The zero-order valence-electron chi connectivity index (χ0n) is 10.5. The first kappa shape index (κ1) is 13.6. The van der Waals surface area contributed by atoms with Crippen molar-refractivity contribution in [2.75, 3.05) is 5.75 Å². The van der Waals surface area contributed by atoms with Crippen LogP contribution in [-0.4, -0.2) is 21.6 Å². The molecule has 0 amide bonds. The summed E-state index contributed by atoms with van der Waals surface area (Å²) in [7, 11) is 1.95. The maximum atomic E-state index is 6.03. The Morgan fingerprint density at radius 2 is 2.25 bits per heavy atom. The van der Waals surface area contributed by atoms with Gasteiger partial charge in [0.25, 0.3) is 0 Å². The topological polar surface area (TPSA) is 43.8 Å². The van der Waals surface area contributed by atoms with E-state index in [0.717, 1.165) is 0 Å². The van der Waals surface area contributed by atoms with Crippen molar-refractivity contribution < 1.29 is 0 Å². The lowest BCUT2D eigenvalue weighted by atomic mass is 10.1. The van der Waals surface area contributed by atoms with Gasteiger partial charge in [-0.25, -0.2) is 0 Å². The Morgan fingerprint density at radius 3 is 2.75 bits per heavy atom. The lowest BCUT2D eigenvalue weighted by Gasteiger charge is -2.18. The number of hydrogen-bond acceptors (Lipinski definition) is 3. The largest absolute Gasteiger partial charge is 0.327 e. The predicted molar refractivity (Wildman–Crippen MR) is 71.6 cm³/mol. The number of nitrogens with zero attached hydrogens (tertiary/aromatic N) is 2. The molecule has 1 aromatic heterocycles. The Kier molecular flexibility index (Phi) is 5.91. The minimum absolute atomic E-state index is 0.177. The second-order valence-electron chi connectivity index (χ2n) is 4.30. The van der Waals surface area contributed by atoms with E-state index in [4.69, 9.17) is 5.73 Å². The Hall–Kier alpha value is -0.480. The molecule has 0 saturated carbocycles. The Morgan fingerprint density at radius 1 is 1.50 bits per heavy atom. The lowest BCUT2D eigenvalue weighted by Crippen LogP contribution is -2.22. The number of unbranched alkanes of at least 4 members (excludes halogenated alkanes) is 2. The third-order valence-corrected chi connectivity index (χ3v) is 4.16. The molecule has 0 radical (unpaired) electrons. The van der Waals surface area contributed by atoms with Crippen LogP contribution in [0.15, 0.2) is 12.4 Å². The summed E-state index contributed by atoms with van der Waals surface area (Å²) in [4.78, 5) is 0. The van der Waals surface area contributed by atoms with E-state index in [2.05, 4.69) is 25.1 Å². The minimum atomic E-state index is 0.177. The maximum Gasteiger partial charge on any atom is 0.0533 e. The molecule has 2 N–H and O–H groups in total. The van der Waals surface area contributed by atoms with Gasteiger partial charge in [0.15, 0.2) is 0 Å². The molecule has 0 fully saturated rings. The van der Waals surface area contributed by atoms with Gasteiger partial charge in [-0.3, -0.25) is 4.68 Å². The molecule has 0 aliphatic heterocycles. The highest BCUT2D eigenvalue weighted by Crippen LogP contribution is 2.31. The molecule has 0 saturated heterocycles. The van der Waals surface area contributed by atoms with E-state index in [9.17, 15) is 0 Å². The Labute approximate surface area is 103 Å². The highest BCUT2D eigenvalue weighted by molar-refractivity contribution is 7.99. The number of aryl methyl sites for hydroxylation is 1. The molecule has 1 aromatic rings. The van der Waals surface area contributed by atoms with Crippen molar-refractivity contribution >= 4 is 11.8 Å².